The van der Waals surface area contributed by atoms with Gasteiger partial charge >= 0.3 is 18.1 Å². The largest absolute Gasteiger partial charge is 0.480 e. The van der Waals surface area contributed by atoms with Crippen LogP contribution in [0, 0.1) is 0 Å². The van der Waals surface area contributed by atoms with Crippen molar-refractivity contribution in [2.45, 2.75) is 49.7 Å². The summed E-state index contributed by atoms with van der Waals surface area (Å²) in [6, 6.07) is 1.66. The molecule has 0 spiro atoms. The molecule has 3 unspecified atom stereocenters. The summed E-state index contributed by atoms with van der Waals surface area (Å²) in [5.41, 5.74) is 17.3. The number of benzene rings is 1. The fraction of sp³-hybridized carbons (Fsp3) is 0.520. The molecular formula is C25H41F3N8O8S. The smallest absolute Gasteiger partial charge is 0.423 e. The Hall–Kier alpha value is -3.82. The van der Waals surface area contributed by atoms with E-state index >= 15 is 0 Å². The number of hydrogen-bond donors (Lipinski definition) is 10. The van der Waals surface area contributed by atoms with E-state index in [1.807, 2.05) is 6.92 Å². The summed E-state index contributed by atoms with van der Waals surface area (Å²) in [6.07, 6.45) is -4.22. The number of amides is 3. The van der Waals surface area contributed by atoms with Crippen LogP contribution in [0.5, 0.6) is 0 Å². The van der Waals surface area contributed by atoms with Gasteiger partial charge in [0.2, 0.25) is 18.2 Å². The summed E-state index contributed by atoms with van der Waals surface area (Å²) in [4.78, 5) is 65.4. The van der Waals surface area contributed by atoms with Gasteiger partial charge < -0.3 is 59.2 Å². The molecule has 0 aromatic heterocycles. The molecule has 0 saturated heterocycles. The van der Waals surface area contributed by atoms with Gasteiger partial charge in [-0.1, -0.05) is 31.2 Å². The molecule has 0 saturated carbocycles. The Bertz CT molecular complexity index is 1080. The lowest BCUT2D eigenvalue weighted by atomic mass is 9.97. The van der Waals surface area contributed by atoms with Gasteiger partial charge in [-0.05, 0) is 30.3 Å². The summed E-state index contributed by atoms with van der Waals surface area (Å²) in [5.74, 6) is -2.48. The van der Waals surface area contributed by atoms with Crippen LogP contribution < -0.4 is 44.2 Å². The first-order chi connectivity index (χ1) is 20.9. The quantitative estimate of drug-likeness (QED) is 0.0636. The minimum absolute atomic E-state index is 0.0500. The van der Waals surface area contributed by atoms with Gasteiger partial charge in [0.25, 0.3) is 0 Å². The van der Waals surface area contributed by atoms with Crippen LogP contribution in [0.3, 0.4) is 0 Å². The number of halogens is 3. The number of nitrogens with two attached hydrogens (primary N) is 4. The number of thioether (sulfide) groups is 1. The number of nitrogens with one attached hydrogen (secondary N) is 4. The SMILES string of the molecule is CCSCC(NC(=O)CCC(N)C(=O)O)C(=O)NCC(=O)O.CNCN.NC(N)(c1ccc(C(C=O)NC=O)cc1)C(F)(F)F. The molecule has 0 bridgehead atoms. The maximum Gasteiger partial charge on any atom is 0.423 e. The van der Waals surface area contributed by atoms with Gasteiger partial charge in [0.15, 0.2) is 5.66 Å². The normalized spacial score (nSPS) is 12.8. The van der Waals surface area contributed by atoms with Gasteiger partial charge in [0.1, 0.15) is 31.0 Å². The molecule has 0 heterocycles. The molecule has 45 heavy (non-hydrogen) atoms. The van der Waals surface area contributed by atoms with Crippen LogP contribution in [0.15, 0.2) is 24.3 Å². The molecule has 0 aliphatic carbocycles. The summed E-state index contributed by atoms with van der Waals surface area (Å²) in [6.45, 7) is 1.91. The third-order valence-corrected chi connectivity index (χ3v) is 6.34. The van der Waals surface area contributed by atoms with Crippen molar-refractivity contribution < 1.29 is 52.2 Å². The van der Waals surface area contributed by atoms with E-state index < -0.39 is 60.3 Å². The highest BCUT2D eigenvalue weighted by Gasteiger charge is 2.50. The Morgan fingerprint density at radius 3 is 2.02 bits per heavy atom. The van der Waals surface area contributed by atoms with Crippen molar-refractivity contribution in [3.05, 3.63) is 35.4 Å². The lowest BCUT2D eigenvalue weighted by Gasteiger charge is -2.28. The lowest BCUT2D eigenvalue weighted by molar-refractivity contribution is -0.188. The average molecular weight is 671 g/mol. The number of carboxylic acid groups (broad SMARTS) is 2. The Morgan fingerprint density at radius 1 is 1.07 bits per heavy atom. The third kappa shape index (κ3) is 17.9. The van der Waals surface area contributed by atoms with Crippen molar-refractivity contribution in [3.8, 4) is 0 Å². The minimum atomic E-state index is -4.81. The molecule has 14 N–H and O–H groups in total. The van der Waals surface area contributed by atoms with Crippen molar-refractivity contribution in [1.29, 1.82) is 0 Å². The predicted octanol–water partition coefficient (Wildman–Crippen LogP) is -1.96. The second-order valence-electron chi connectivity index (χ2n) is 8.82. The van der Waals surface area contributed by atoms with E-state index in [0.29, 0.717) is 30.7 Å². The molecule has 1 aromatic rings. The summed E-state index contributed by atoms with van der Waals surface area (Å²) in [7, 11) is 1.81. The number of aldehydes is 1. The second kappa shape index (κ2) is 22.7. The zero-order valence-corrected chi connectivity index (χ0v) is 25.5. The van der Waals surface area contributed by atoms with E-state index in [1.54, 1.807) is 7.05 Å². The molecule has 3 atom stereocenters. The van der Waals surface area contributed by atoms with Gasteiger partial charge in [0, 0.05) is 18.8 Å². The summed E-state index contributed by atoms with van der Waals surface area (Å²) < 4.78 is 37.8. The maximum absolute atomic E-state index is 12.6. The fourth-order valence-corrected chi connectivity index (χ4v) is 3.50. The molecule has 0 aliphatic rings. The Labute approximate surface area is 261 Å². The van der Waals surface area contributed by atoms with Crippen molar-refractivity contribution in [3.63, 3.8) is 0 Å². The highest BCUT2D eigenvalue weighted by atomic mass is 32.2. The third-order valence-electron chi connectivity index (χ3n) is 5.36. The predicted molar refractivity (Wildman–Crippen MR) is 159 cm³/mol. The number of aliphatic carboxylic acids is 2. The van der Waals surface area contributed by atoms with Gasteiger partial charge in [-0.3, -0.25) is 24.0 Å². The molecule has 0 aliphatic heterocycles. The number of alkyl halides is 3. The van der Waals surface area contributed by atoms with Gasteiger partial charge in [-0.15, -0.1) is 0 Å². The van der Waals surface area contributed by atoms with E-state index in [-0.39, 0.29) is 18.4 Å². The maximum atomic E-state index is 12.6. The molecule has 16 nitrogen and oxygen atoms in total. The summed E-state index contributed by atoms with van der Waals surface area (Å²) in [5, 5.41) is 26.7. The number of rotatable bonds is 17. The standard InChI is InChI=1S/C12H21N3O6S.C11H12F3N3O2.C2H8N2/c1-2-22-6-8(11(19)14-5-10(17)18)15-9(16)4-3-7(13)12(20)21;12-11(13,14)10(15,16)8-3-1-7(2-4-8)9(5-18)17-6-19;1-4-2-3/h7-8H,2-6,13H2,1H3,(H,14,19)(H,15,16)(H,17,18)(H,20,21);1-6,9H,15-16H2,(H,17,19);4H,2-3H2,1H3. The molecule has 1 rings (SSSR count). The van der Waals surface area contributed by atoms with Crippen molar-refractivity contribution in [2.75, 3.05) is 31.8 Å². The molecule has 256 valence electrons. The highest BCUT2D eigenvalue weighted by molar-refractivity contribution is 7.99. The van der Waals surface area contributed by atoms with E-state index in [4.69, 9.17) is 33.1 Å². The second-order valence-corrected chi connectivity index (χ2v) is 10.1. The van der Waals surface area contributed by atoms with E-state index in [1.165, 1.54) is 23.9 Å². The lowest BCUT2D eigenvalue weighted by Crippen LogP contribution is -2.57. The van der Waals surface area contributed by atoms with Crippen LogP contribution in [0.4, 0.5) is 13.2 Å². The first-order valence-corrected chi connectivity index (χ1v) is 14.2. The fourth-order valence-electron chi connectivity index (χ4n) is 2.80. The monoisotopic (exact) mass is 670 g/mol. The van der Waals surface area contributed by atoms with E-state index in [9.17, 15) is 41.9 Å². The number of hydrogen-bond acceptors (Lipinski definition) is 12. The average Bonchev–Trinajstić information content (AvgIpc) is 2.99. The van der Waals surface area contributed by atoms with Crippen LogP contribution in [-0.4, -0.2) is 96.7 Å². The first-order valence-electron chi connectivity index (χ1n) is 13.0. The molecule has 0 fully saturated rings. The topological polar surface area (TPSA) is 295 Å². The molecular weight excluding hydrogens is 629 g/mol. The summed E-state index contributed by atoms with van der Waals surface area (Å²) >= 11 is 1.41. The molecule has 0 radical (unpaired) electrons. The number of carbonyl (C=O) groups excluding carboxylic acids is 4. The van der Waals surface area contributed by atoms with Crippen LogP contribution in [-0.2, 0) is 34.4 Å². The van der Waals surface area contributed by atoms with Crippen molar-refractivity contribution in [2.24, 2.45) is 22.9 Å². The molecule has 3 amide bonds. The van der Waals surface area contributed by atoms with Crippen molar-refractivity contribution in [1.82, 2.24) is 21.3 Å². The van der Waals surface area contributed by atoms with Gasteiger partial charge in [0.05, 0.1) is 0 Å². The Balaban J connectivity index is 0. The van der Waals surface area contributed by atoms with Crippen LogP contribution >= 0.6 is 11.8 Å². The zero-order chi connectivity index (χ0) is 35.2. The zero-order valence-electron chi connectivity index (χ0n) is 24.6. The minimum Gasteiger partial charge on any atom is -0.480 e. The molecule has 1 aromatic carbocycles. The van der Waals surface area contributed by atoms with E-state index in [2.05, 4.69) is 21.3 Å². The number of carbonyl (C=O) groups is 6. The number of carboxylic acids is 2. The van der Waals surface area contributed by atoms with Gasteiger partial charge in [-0.25, -0.2) is 0 Å². The van der Waals surface area contributed by atoms with Gasteiger partial charge in [-0.2, -0.15) is 24.9 Å². The Morgan fingerprint density at radius 2 is 1.62 bits per heavy atom. The van der Waals surface area contributed by atoms with Crippen LogP contribution in [0.2, 0.25) is 0 Å². The first kappa shape index (κ1) is 43.3. The Kier molecular flexibility index (Phi) is 21.8. The van der Waals surface area contributed by atoms with Crippen LogP contribution in [0.25, 0.3) is 0 Å². The molecule has 20 heteroatoms. The van der Waals surface area contributed by atoms with E-state index in [0.717, 1.165) is 17.9 Å². The highest BCUT2D eigenvalue weighted by Crippen LogP contribution is 2.32. The van der Waals surface area contributed by atoms with Crippen molar-refractivity contribution >= 4 is 48.2 Å². The van der Waals surface area contributed by atoms with Crippen LogP contribution in [0.1, 0.15) is 36.9 Å².